The highest BCUT2D eigenvalue weighted by Gasteiger charge is 2.21. The topological polar surface area (TPSA) is 61.4 Å². The van der Waals surface area contributed by atoms with Crippen LogP contribution in [0.15, 0.2) is 42.5 Å². The minimum Gasteiger partial charge on any atom is -0.325 e. The highest BCUT2D eigenvalue weighted by Crippen LogP contribution is 2.25. The van der Waals surface area contributed by atoms with Gasteiger partial charge in [0, 0.05) is 10.7 Å². The lowest BCUT2D eigenvalue weighted by molar-refractivity contribution is -0.122. The maximum atomic E-state index is 12.5. The first-order chi connectivity index (χ1) is 12.8. The van der Waals surface area contributed by atoms with Gasteiger partial charge in [0.2, 0.25) is 11.8 Å². The molecule has 0 aromatic heterocycles. The lowest BCUT2D eigenvalue weighted by atomic mass is 10.1. The van der Waals surface area contributed by atoms with Gasteiger partial charge in [-0.1, -0.05) is 48.3 Å². The van der Waals surface area contributed by atoms with E-state index < -0.39 is 6.04 Å². The van der Waals surface area contributed by atoms with Crippen LogP contribution in [0.2, 0.25) is 10.0 Å². The number of likely N-dealkylation sites (N-methyl/N-ethyl adjacent to an activating group) is 1. The van der Waals surface area contributed by atoms with E-state index in [2.05, 4.69) is 10.6 Å². The third-order valence-corrected chi connectivity index (χ3v) is 4.84. The fraction of sp³-hybridized carbons (Fsp3) is 0.300. The van der Waals surface area contributed by atoms with E-state index in [-0.39, 0.29) is 18.4 Å². The molecular weight excluding hydrogens is 385 g/mol. The maximum Gasteiger partial charge on any atom is 0.241 e. The van der Waals surface area contributed by atoms with Crippen LogP contribution >= 0.6 is 23.2 Å². The molecule has 0 aliphatic rings. The SMILES string of the molecule is CCc1ccccc1NC(=O)CN(C)C(C)C(=O)Nc1ccc(Cl)cc1Cl. The van der Waals surface area contributed by atoms with E-state index in [1.165, 1.54) is 0 Å². The largest absolute Gasteiger partial charge is 0.325 e. The Morgan fingerprint density at radius 1 is 1.07 bits per heavy atom. The van der Waals surface area contributed by atoms with Crippen molar-refractivity contribution in [3.8, 4) is 0 Å². The number of hydrogen-bond donors (Lipinski definition) is 2. The van der Waals surface area contributed by atoms with Crippen molar-refractivity contribution in [3.05, 3.63) is 58.1 Å². The molecule has 0 bridgehead atoms. The molecule has 0 aliphatic heterocycles. The number of para-hydroxylation sites is 1. The minimum absolute atomic E-state index is 0.0843. The zero-order valence-electron chi connectivity index (χ0n) is 15.6. The summed E-state index contributed by atoms with van der Waals surface area (Å²) >= 11 is 11.9. The Morgan fingerprint density at radius 3 is 2.44 bits per heavy atom. The fourth-order valence-electron chi connectivity index (χ4n) is 2.53. The molecule has 2 aromatic rings. The molecule has 1 atom stereocenters. The van der Waals surface area contributed by atoms with Crippen molar-refractivity contribution in [2.75, 3.05) is 24.2 Å². The Kier molecular flexibility index (Phi) is 7.66. The summed E-state index contributed by atoms with van der Waals surface area (Å²) in [5, 5.41) is 6.51. The molecule has 0 saturated heterocycles. The van der Waals surface area contributed by atoms with Crippen molar-refractivity contribution in [1.29, 1.82) is 0 Å². The maximum absolute atomic E-state index is 12.5. The van der Waals surface area contributed by atoms with Gasteiger partial charge in [0.1, 0.15) is 0 Å². The van der Waals surface area contributed by atoms with Crippen molar-refractivity contribution < 1.29 is 9.59 Å². The molecule has 144 valence electrons. The van der Waals surface area contributed by atoms with Gasteiger partial charge in [-0.05, 0) is 50.2 Å². The van der Waals surface area contributed by atoms with Crippen LogP contribution in [-0.2, 0) is 16.0 Å². The molecule has 1 unspecified atom stereocenters. The third kappa shape index (κ3) is 5.96. The number of nitrogens with one attached hydrogen (secondary N) is 2. The summed E-state index contributed by atoms with van der Waals surface area (Å²) in [4.78, 5) is 26.5. The Bertz CT molecular complexity index is 827. The number of aryl methyl sites for hydroxylation is 1. The highest BCUT2D eigenvalue weighted by atomic mass is 35.5. The van der Waals surface area contributed by atoms with Gasteiger partial charge in [-0.3, -0.25) is 14.5 Å². The molecular formula is C20H23Cl2N3O2. The molecule has 0 radical (unpaired) electrons. The summed E-state index contributed by atoms with van der Waals surface area (Å²) in [6.45, 7) is 3.85. The van der Waals surface area contributed by atoms with E-state index >= 15 is 0 Å². The van der Waals surface area contributed by atoms with Crippen LogP contribution in [-0.4, -0.2) is 36.3 Å². The van der Waals surface area contributed by atoms with Gasteiger partial charge >= 0.3 is 0 Å². The predicted octanol–water partition coefficient (Wildman–Crippen LogP) is 4.45. The zero-order chi connectivity index (χ0) is 20.0. The molecule has 7 heteroatoms. The quantitative estimate of drug-likeness (QED) is 0.712. The molecule has 0 saturated carbocycles. The number of hydrogen-bond acceptors (Lipinski definition) is 3. The molecule has 2 aromatic carbocycles. The number of nitrogens with zero attached hydrogens (tertiary/aromatic N) is 1. The second kappa shape index (κ2) is 9.74. The molecule has 0 spiro atoms. The number of amides is 2. The van der Waals surface area contributed by atoms with Gasteiger partial charge in [-0.25, -0.2) is 0 Å². The Balaban J connectivity index is 1.94. The van der Waals surface area contributed by atoms with E-state index in [0.717, 1.165) is 17.7 Å². The van der Waals surface area contributed by atoms with Crippen molar-refractivity contribution in [2.24, 2.45) is 0 Å². The van der Waals surface area contributed by atoms with E-state index in [1.807, 2.05) is 31.2 Å². The number of rotatable bonds is 7. The van der Waals surface area contributed by atoms with Crippen LogP contribution < -0.4 is 10.6 Å². The van der Waals surface area contributed by atoms with Crippen molar-refractivity contribution >= 4 is 46.4 Å². The van der Waals surface area contributed by atoms with Crippen LogP contribution in [0.5, 0.6) is 0 Å². The number of carbonyl (C=O) groups is 2. The van der Waals surface area contributed by atoms with Gasteiger partial charge < -0.3 is 10.6 Å². The Morgan fingerprint density at radius 2 is 1.78 bits per heavy atom. The normalized spacial score (nSPS) is 11.9. The number of benzene rings is 2. The zero-order valence-corrected chi connectivity index (χ0v) is 17.1. The first kappa shape index (κ1) is 21.2. The van der Waals surface area contributed by atoms with Gasteiger partial charge in [0.15, 0.2) is 0 Å². The highest BCUT2D eigenvalue weighted by molar-refractivity contribution is 6.36. The van der Waals surface area contributed by atoms with Crippen molar-refractivity contribution in [3.63, 3.8) is 0 Å². The molecule has 27 heavy (non-hydrogen) atoms. The molecule has 0 heterocycles. The number of halogens is 2. The summed E-state index contributed by atoms with van der Waals surface area (Å²) in [5.41, 5.74) is 2.34. The summed E-state index contributed by atoms with van der Waals surface area (Å²) in [7, 11) is 1.72. The molecule has 2 amide bonds. The lowest BCUT2D eigenvalue weighted by Gasteiger charge is -2.23. The second-order valence-electron chi connectivity index (χ2n) is 6.26. The predicted molar refractivity (Wildman–Crippen MR) is 112 cm³/mol. The van der Waals surface area contributed by atoms with E-state index in [1.54, 1.807) is 37.1 Å². The summed E-state index contributed by atoms with van der Waals surface area (Å²) in [5.74, 6) is -0.439. The summed E-state index contributed by atoms with van der Waals surface area (Å²) < 4.78 is 0. The van der Waals surface area contributed by atoms with E-state index in [9.17, 15) is 9.59 Å². The molecule has 5 nitrogen and oxygen atoms in total. The fourth-order valence-corrected chi connectivity index (χ4v) is 2.99. The Labute approximate surface area is 169 Å². The first-order valence-electron chi connectivity index (χ1n) is 8.65. The van der Waals surface area contributed by atoms with Crippen LogP contribution in [0.1, 0.15) is 19.4 Å². The van der Waals surface area contributed by atoms with Crippen LogP contribution in [0, 0.1) is 0 Å². The molecule has 0 fully saturated rings. The lowest BCUT2D eigenvalue weighted by Crippen LogP contribution is -2.43. The van der Waals surface area contributed by atoms with Crippen molar-refractivity contribution in [2.45, 2.75) is 26.3 Å². The third-order valence-electron chi connectivity index (χ3n) is 4.29. The van der Waals surface area contributed by atoms with E-state index in [4.69, 9.17) is 23.2 Å². The average molecular weight is 408 g/mol. The molecule has 2 rings (SSSR count). The smallest absolute Gasteiger partial charge is 0.241 e. The van der Waals surface area contributed by atoms with Gasteiger partial charge in [0.05, 0.1) is 23.3 Å². The van der Waals surface area contributed by atoms with Crippen molar-refractivity contribution in [1.82, 2.24) is 4.90 Å². The van der Waals surface area contributed by atoms with Gasteiger partial charge in [0.25, 0.3) is 0 Å². The van der Waals surface area contributed by atoms with Crippen LogP contribution in [0.3, 0.4) is 0 Å². The minimum atomic E-state index is -0.524. The molecule has 2 N–H and O–H groups in total. The van der Waals surface area contributed by atoms with Gasteiger partial charge in [-0.2, -0.15) is 0 Å². The van der Waals surface area contributed by atoms with Crippen LogP contribution in [0.25, 0.3) is 0 Å². The summed E-state index contributed by atoms with van der Waals surface area (Å²) in [6, 6.07) is 12.0. The average Bonchev–Trinajstić information content (AvgIpc) is 2.63. The van der Waals surface area contributed by atoms with Crippen LogP contribution in [0.4, 0.5) is 11.4 Å². The number of carbonyl (C=O) groups excluding carboxylic acids is 2. The first-order valence-corrected chi connectivity index (χ1v) is 9.41. The Hall–Kier alpha value is -2.08. The second-order valence-corrected chi connectivity index (χ2v) is 7.11. The number of anilines is 2. The monoisotopic (exact) mass is 407 g/mol. The van der Waals surface area contributed by atoms with E-state index in [0.29, 0.717) is 15.7 Å². The molecule has 0 aliphatic carbocycles. The van der Waals surface area contributed by atoms with Gasteiger partial charge in [-0.15, -0.1) is 0 Å². The standard InChI is InChI=1S/C20H23Cl2N3O2/c1-4-14-7-5-6-8-17(14)23-19(26)12-25(3)13(2)20(27)24-18-10-9-15(21)11-16(18)22/h5-11,13H,4,12H2,1-3H3,(H,23,26)(H,24,27). The summed E-state index contributed by atoms with van der Waals surface area (Å²) in [6.07, 6.45) is 0.826.